The maximum Gasteiger partial charge on any atom is 0.305 e. The molecule has 0 radical (unpaired) electrons. The smallest absolute Gasteiger partial charge is 0.305 e. The molecule has 0 bridgehead atoms. The Hall–Kier alpha value is -1.93. The van der Waals surface area contributed by atoms with Crippen LogP contribution >= 0.6 is 0 Å². The molecular formula is C25H48O8. The first-order valence-corrected chi connectivity index (χ1v) is 12.2. The zero-order valence-electron chi connectivity index (χ0n) is 21.0. The van der Waals surface area contributed by atoms with Crippen molar-refractivity contribution >= 4 is 17.9 Å². The number of unbranched alkanes of at least 4 members (excludes halogenated alkanes) is 11. The van der Waals surface area contributed by atoms with Gasteiger partial charge in [0.1, 0.15) is 12.7 Å². The molecule has 0 aliphatic rings. The molecule has 1 atom stereocenters. The number of carbonyl (C=O) groups excluding carboxylic acids is 1. The summed E-state index contributed by atoms with van der Waals surface area (Å²) in [5.41, 5.74) is 0. The predicted octanol–water partition coefficient (Wildman–Crippen LogP) is 5.10. The number of ether oxygens (including phenoxy) is 1. The second kappa shape index (κ2) is 30.1. The first-order valence-electron chi connectivity index (χ1n) is 12.2. The minimum absolute atomic E-state index is 0.111. The van der Waals surface area contributed by atoms with E-state index in [-0.39, 0.29) is 19.2 Å². The molecule has 0 fully saturated rings. The molecule has 0 amide bonds. The van der Waals surface area contributed by atoms with E-state index in [1.54, 1.807) is 0 Å². The lowest BCUT2D eigenvalue weighted by molar-refractivity contribution is -0.147. The maximum absolute atomic E-state index is 11.4. The fourth-order valence-corrected chi connectivity index (χ4v) is 2.65. The SMILES string of the molecule is CC(=O)O.CC(=O)O.CCCCCCCCC=CCCCCCCCC(=O)OCC(O)CO. The highest BCUT2D eigenvalue weighted by Gasteiger charge is 2.07. The molecule has 0 aromatic rings. The number of esters is 1. The molecule has 0 aromatic carbocycles. The third-order valence-electron chi connectivity index (χ3n) is 4.29. The lowest BCUT2D eigenvalue weighted by Crippen LogP contribution is -2.21. The summed E-state index contributed by atoms with van der Waals surface area (Å²) in [6, 6.07) is 0. The van der Waals surface area contributed by atoms with Crippen molar-refractivity contribution in [1.82, 2.24) is 0 Å². The van der Waals surface area contributed by atoms with Crippen LogP contribution in [0.25, 0.3) is 0 Å². The summed E-state index contributed by atoms with van der Waals surface area (Å²) in [4.78, 5) is 29.4. The lowest BCUT2D eigenvalue weighted by Gasteiger charge is -2.08. The molecule has 33 heavy (non-hydrogen) atoms. The van der Waals surface area contributed by atoms with Gasteiger partial charge in [0.05, 0.1) is 6.61 Å². The Bertz CT molecular complexity index is 457. The topological polar surface area (TPSA) is 141 Å². The molecule has 0 rings (SSSR count). The van der Waals surface area contributed by atoms with Gasteiger partial charge >= 0.3 is 5.97 Å². The Balaban J connectivity index is -0.000000962. The van der Waals surface area contributed by atoms with Crippen LogP contribution in [0, 0.1) is 0 Å². The molecule has 196 valence electrons. The molecule has 8 nitrogen and oxygen atoms in total. The largest absolute Gasteiger partial charge is 0.481 e. The van der Waals surface area contributed by atoms with Gasteiger partial charge in [0.2, 0.25) is 0 Å². The highest BCUT2D eigenvalue weighted by atomic mass is 16.5. The lowest BCUT2D eigenvalue weighted by atomic mass is 10.1. The molecule has 4 N–H and O–H groups in total. The van der Waals surface area contributed by atoms with Crippen LogP contribution < -0.4 is 0 Å². The number of allylic oxidation sites excluding steroid dienone is 2. The van der Waals surface area contributed by atoms with Gasteiger partial charge in [0.15, 0.2) is 0 Å². The summed E-state index contributed by atoms with van der Waals surface area (Å²) in [7, 11) is 0. The Kier molecular flexibility index (Phi) is 32.5. The average molecular weight is 477 g/mol. The zero-order valence-corrected chi connectivity index (χ0v) is 21.0. The van der Waals surface area contributed by atoms with Crippen molar-refractivity contribution in [2.24, 2.45) is 0 Å². The van der Waals surface area contributed by atoms with E-state index in [4.69, 9.17) is 34.8 Å². The van der Waals surface area contributed by atoms with Crippen LogP contribution in [0.15, 0.2) is 12.2 Å². The van der Waals surface area contributed by atoms with Gasteiger partial charge in [0.25, 0.3) is 11.9 Å². The van der Waals surface area contributed by atoms with Crippen molar-refractivity contribution in [1.29, 1.82) is 0 Å². The summed E-state index contributed by atoms with van der Waals surface area (Å²) in [6.07, 6.45) is 20.1. The minimum atomic E-state index is -0.960. The van der Waals surface area contributed by atoms with Crippen molar-refractivity contribution in [3.05, 3.63) is 12.2 Å². The number of rotatable bonds is 18. The Morgan fingerprint density at radius 1 is 0.758 bits per heavy atom. The van der Waals surface area contributed by atoms with Gasteiger partial charge in [-0.2, -0.15) is 0 Å². The summed E-state index contributed by atoms with van der Waals surface area (Å²) in [5.74, 6) is -1.95. The van der Waals surface area contributed by atoms with E-state index >= 15 is 0 Å². The Labute approximate surface area is 200 Å². The third-order valence-corrected chi connectivity index (χ3v) is 4.29. The summed E-state index contributed by atoms with van der Waals surface area (Å²) >= 11 is 0. The van der Waals surface area contributed by atoms with Crippen LogP contribution in [0.1, 0.15) is 111 Å². The highest BCUT2D eigenvalue weighted by Crippen LogP contribution is 2.10. The molecule has 0 heterocycles. The Morgan fingerprint density at radius 3 is 1.58 bits per heavy atom. The van der Waals surface area contributed by atoms with E-state index in [0.717, 1.165) is 39.5 Å². The van der Waals surface area contributed by atoms with Crippen molar-refractivity contribution < 1.29 is 39.5 Å². The molecule has 8 heteroatoms. The predicted molar refractivity (Wildman–Crippen MR) is 130 cm³/mol. The quantitative estimate of drug-likeness (QED) is 0.122. The monoisotopic (exact) mass is 476 g/mol. The second-order valence-electron chi connectivity index (χ2n) is 7.89. The van der Waals surface area contributed by atoms with Crippen LogP contribution in [-0.4, -0.2) is 57.7 Å². The first kappa shape index (κ1) is 35.7. The number of carbonyl (C=O) groups is 3. The van der Waals surface area contributed by atoms with E-state index in [1.165, 1.54) is 57.8 Å². The fourth-order valence-electron chi connectivity index (χ4n) is 2.65. The van der Waals surface area contributed by atoms with Gasteiger partial charge in [0, 0.05) is 20.3 Å². The normalized spacial score (nSPS) is 11.1. The molecule has 0 aromatic heterocycles. The van der Waals surface area contributed by atoms with Gasteiger partial charge < -0.3 is 25.2 Å². The van der Waals surface area contributed by atoms with Crippen molar-refractivity contribution in [2.75, 3.05) is 13.2 Å². The summed E-state index contributed by atoms with van der Waals surface area (Å²) in [6.45, 7) is 3.94. The minimum Gasteiger partial charge on any atom is -0.481 e. The highest BCUT2D eigenvalue weighted by molar-refractivity contribution is 5.69. The van der Waals surface area contributed by atoms with Crippen LogP contribution in [0.5, 0.6) is 0 Å². The summed E-state index contributed by atoms with van der Waals surface area (Å²) in [5, 5.41) is 32.5. The van der Waals surface area contributed by atoms with E-state index < -0.39 is 18.0 Å². The number of aliphatic carboxylic acids is 2. The van der Waals surface area contributed by atoms with Gasteiger partial charge in [-0.15, -0.1) is 0 Å². The number of carboxylic acid groups (broad SMARTS) is 2. The van der Waals surface area contributed by atoms with Gasteiger partial charge in [-0.05, 0) is 32.1 Å². The average Bonchev–Trinajstić information content (AvgIpc) is 2.74. The molecule has 0 aliphatic carbocycles. The molecular weight excluding hydrogens is 428 g/mol. The van der Waals surface area contributed by atoms with E-state index in [1.807, 2.05) is 0 Å². The number of aliphatic hydroxyl groups excluding tert-OH is 2. The summed E-state index contributed by atoms with van der Waals surface area (Å²) < 4.78 is 4.86. The van der Waals surface area contributed by atoms with Gasteiger partial charge in [-0.1, -0.05) is 70.4 Å². The maximum atomic E-state index is 11.4. The third kappa shape index (κ3) is 48.6. The van der Waals surface area contributed by atoms with Crippen LogP contribution in [0.2, 0.25) is 0 Å². The zero-order chi connectivity index (χ0) is 25.7. The molecule has 1 unspecified atom stereocenters. The molecule has 0 aliphatic heterocycles. The molecule has 0 spiro atoms. The first-order chi connectivity index (χ1) is 15.7. The number of carboxylic acids is 2. The second-order valence-corrected chi connectivity index (χ2v) is 7.89. The fraction of sp³-hybridized carbons (Fsp3) is 0.800. The van der Waals surface area contributed by atoms with E-state index in [9.17, 15) is 4.79 Å². The van der Waals surface area contributed by atoms with Crippen LogP contribution in [-0.2, 0) is 19.1 Å². The standard InChI is InChI=1S/C21H40O4.2C2H4O2/c1-2-3-4-5-6-7-8-9-10-11-12-13-14-15-16-17-21(24)25-19-20(23)18-22;2*1-2(3)4/h9-10,20,22-23H,2-8,11-19H2,1H3;2*1H3,(H,3,4). The molecule has 0 saturated heterocycles. The van der Waals surface area contributed by atoms with Crippen molar-refractivity contribution in [3.63, 3.8) is 0 Å². The van der Waals surface area contributed by atoms with E-state index in [0.29, 0.717) is 6.42 Å². The van der Waals surface area contributed by atoms with Crippen LogP contribution in [0.3, 0.4) is 0 Å². The molecule has 0 saturated carbocycles. The van der Waals surface area contributed by atoms with Crippen molar-refractivity contribution in [3.8, 4) is 0 Å². The van der Waals surface area contributed by atoms with E-state index in [2.05, 4.69) is 19.1 Å². The number of hydrogen-bond acceptors (Lipinski definition) is 6. The van der Waals surface area contributed by atoms with Crippen molar-refractivity contribution in [2.45, 2.75) is 117 Å². The number of hydrogen-bond donors (Lipinski definition) is 4. The Morgan fingerprint density at radius 2 is 1.15 bits per heavy atom. The van der Waals surface area contributed by atoms with Crippen LogP contribution in [0.4, 0.5) is 0 Å². The number of aliphatic hydroxyl groups is 2. The van der Waals surface area contributed by atoms with Gasteiger partial charge in [-0.3, -0.25) is 14.4 Å². The van der Waals surface area contributed by atoms with Gasteiger partial charge in [-0.25, -0.2) is 0 Å².